The van der Waals surface area contributed by atoms with E-state index in [4.69, 9.17) is 4.74 Å². The SMILES string of the molecule is COc1ccc(C2(CNc3nccc(-c4cccnc4)n3)CCCC2)cc1. The molecule has 4 rings (SSSR count). The van der Waals surface area contributed by atoms with Gasteiger partial charge in [-0.1, -0.05) is 25.0 Å². The summed E-state index contributed by atoms with van der Waals surface area (Å²) in [5, 5.41) is 3.49. The summed E-state index contributed by atoms with van der Waals surface area (Å²) in [6.07, 6.45) is 10.2. The summed E-state index contributed by atoms with van der Waals surface area (Å²) >= 11 is 0. The first-order valence-corrected chi connectivity index (χ1v) is 9.41. The van der Waals surface area contributed by atoms with Crippen molar-refractivity contribution < 1.29 is 4.74 Å². The second kappa shape index (κ2) is 7.74. The van der Waals surface area contributed by atoms with Gasteiger partial charge in [0.1, 0.15) is 5.75 Å². The summed E-state index contributed by atoms with van der Waals surface area (Å²) in [6.45, 7) is 0.829. The zero-order valence-corrected chi connectivity index (χ0v) is 15.6. The van der Waals surface area contributed by atoms with Crippen molar-refractivity contribution in [3.8, 4) is 17.0 Å². The second-order valence-corrected chi connectivity index (χ2v) is 7.08. The summed E-state index contributed by atoms with van der Waals surface area (Å²) < 4.78 is 5.31. The zero-order chi connectivity index (χ0) is 18.5. The van der Waals surface area contributed by atoms with Crippen LogP contribution in [-0.2, 0) is 5.41 Å². The van der Waals surface area contributed by atoms with Gasteiger partial charge in [-0.3, -0.25) is 4.98 Å². The van der Waals surface area contributed by atoms with Gasteiger partial charge in [0, 0.05) is 36.1 Å². The molecule has 1 aromatic carbocycles. The number of nitrogens with zero attached hydrogens (tertiary/aromatic N) is 3. The molecule has 0 radical (unpaired) electrons. The van der Waals surface area contributed by atoms with Crippen molar-refractivity contribution in [1.82, 2.24) is 15.0 Å². The molecule has 27 heavy (non-hydrogen) atoms. The lowest BCUT2D eigenvalue weighted by Gasteiger charge is -2.30. The topological polar surface area (TPSA) is 59.9 Å². The van der Waals surface area contributed by atoms with Crippen LogP contribution in [0, 0.1) is 0 Å². The van der Waals surface area contributed by atoms with Gasteiger partial charge in [-0.15, -0.1) is 0 Å². The smallest absolute Gasteiger partial charge is 0.223 e. The molecule has 0 saturated heterocycles. The third-order valence-corrected chi connectivity index (χ3v) is 5.46. The van der Waals surface area contributed by atoms with Crippen LogP contribution < -0.4 is 10.1 Å². The van der Waals surface area contributed by atoms with E-state index in [1.807, 2.05) is 24.4 Å². The summed E-state index contributed by atoms with van der Waals surface area (Å²) in [5.74, 6) is 1.56. The molecule has 0 spiro atoms. The predicted octanol–water partition coefficient (Wildman–Crippen LogP) is 4.47. The third-order valence-electron chi connectivity index (χ3n) is 5.46. The third kappa shape index (κ3) is 3.77. The van der Waals surface area contributed by atoms with Gasteiger partial charge in [0.25, 0.3) is 0 Å². The fourth-order valence-corrected chi connectivity index (χ4v) is 3.93. The molecular weight excluding hydrogens is 336 g/mol. The fraction of sp³-hybridized carbons (Fsp3) is 0.318. The van der Waals surface area contributed by atoms with E-state index in [1.165, 1.54) is 31.2 Å². The van der Waals surface area contributed by atoms with Crippen LogP contribution in [0.5, 0.6) is 5.75 Å². The van der Waals surface area contributed by atoms with Gasteiger partial charge in [0.2, 0.25) is 5.95 Å². The molecule has 2 heterocycles. The van der Waals surface area contributed by atoms with Crippen molar-refractivity contribution in [3.05, 3.63) is 66.6 Å². The van der Waals surface area contributed by atoms with Crippen molar-refractivity contribution in [2.24, 2.45) is 0 Å². The molecule has 0 unspecified atom stereocenters. The Morgan fingerprint density at radius 1 is 1.04 bits per heavy atom. The first-order chi connectivity index (χ1) is 13.3. The molecule has 3 aromatic rings. The molecule has 5 nitrogen and oxygen atoms in total. The number of nitrogens with one attached hydrogen (secondary N) is 1. The minimum absolute atomic E-state index is 0.125. The maximum atomic E-state index is 5.31. The molecule has 1 saturated carbocycles. The van der Waals surface area contributed by atoms with E-state index in [0.29, 0.717) is 5.95 Å². The molecule has 1 aliphatic rings. The normalized spacial score (nSPS) is 15.4. The Balaban J connectivity index is 1.53. The Morgan fingerprint density at radius 2 is 1.85 bits per heavy atom. The summed E-state index contributed by atoms with van der Waals surface area (Å²) in [6, 6.07) is 14.3. The molecule has 1 aliphatic carbocycles. The first-order valence-electron chi connectivity index (χ1n) is 9.41. The minimum Gasteiger partial charge on any atom is -0.497 e. The molecule has 0 aliphatic heterocycles. The lowest BCUT2D eigenvalue weighted by atomic mass is 9.79. The molecule has 2 aromatic heterocycles. The Kier molecular flexibility index (Phi) is 5.01. The molecule has 0 amide bonds. The largest absolute Gasteiger partial charge is 0.497 e. The van der Waals surface area contributed by atoms with Crippen LogP contribution in [0.15, 0.2) is 61.1 Å². The number of rotatable bonds is 6. The van der Waals surface area contributed by atoms with E-state index < -0.39 is 0 Å². The van der Waals surface area contributed by atoms with Gasteiger partial charge < -0.3 is 10.1 Å². The average Bonchev–Trinajstić information content (AvgIpc) is 3.23. The van der Waals surface area contributed by atoms with E-state index in [2.05, 4.69) is 44.5 Å². The second-order valence-electron chi connectivity index (χ2n) is 7.08. The molecule has 0 atom stereocenters. The van der Waals surface area contributed by atoms with Gasteiger partial charge in [-0.2, -0.15) is 0 Å². The average molecular weight is 360 g/mol. The van der Waals surface area contributed by atoms with E-state index in [9.17, 15) is 0 Å². The van der Waals surface area contributed by atoms with E-state index >= 15 is 0 Å². The minimum atomic E-state index is 0.125. The van der Waals surface area contributed by atoms with E-state index in [-0.39, 0.29) is 5.41 Å². The van der Waals surface area contributed by atoms with Crippen LogP contribution >= 0.6 is 0 Å². The molecule has 1 N–H and O–H groups in total. The number of benzene rings is 1. The van der Waals surface area contributed by atoms with Crippen molar-refractivity contribution in [3.63, 3.8) is 0 Å². The summed E-state index contributed by atoms with van der Waals surface area (Å²) in [4.78, 5) is 13.3. The monoisotopic (exact) mass is 360 g/mol. The van der Waals surface area contributed by atoms with Crippen LogP contribution in [0.25, 0.3) is 11.3 Å². The lowest BCUT2D eigenvalue weighted by Crippen LogP contribution is -2.32. The van der Waals surface area contributed by atoms with Crippen molar-refractivity contribution >= 4 is 5.95 Å². The van der Waals surface area contributed by atoms with Gasteiger partial charge in [-0.05, 0) is 48.7 Å². The quantitative estimate of drug-likeness (QED) is 0.703. The van der Waals surface area contributed by atoms with Crippen LogP contribution in [0.1, 0.15) is 31.2 Å². The number of ether oxygens (including phenoxy) is 1. The number of aromatic nitrogens is 3. The highest BCUT2D eigenvalue weighted by Gasteiger charge is 2.35. The van der Waals surface area contributed by atoms with Crippen LogP contribution in [0.2, 0.25) is 0 Å². The first kappa shape index (κ1) is 17.5. The zero-order valence-electron chi connectivity index (χ0n) is 15.6. The van der Waals surface area contributed by atoms with Crippen LogP contribution in [0.4, 0.5) is 5.95 Å². The molecular formula is C22H24N4O. The number of methoxy groups -OCH3 is 1. The van der Waals surface area contributed by atoms with Gasteiger partial charge in [-0.25, -0.2) is 9.97 Å². The Hall–Kier alpha value is -2.95. The maximum Gasteiger partial charge on any atom is 0.223 e. The fourth-order valence-electron chi connectivity index (χ4n) is 3.93. The highest BCUT2D eigenvalue weighted by atomic mass is 16.5. The van der Waals surface area contributed by atoms with E-state index in [1.54, 1.807) is 19.5 Å². The summed E-state index contributed by atoms with van der Waals surface area (Å²) in [5.41, 5.74) is 3.36. The molecule has 5 heteroatoms. The Bertz CT molecular complexity index is 874. The van der Waals surface area contributed by atoms with Gasteiger partial charge in [0.05, 0.1) is 12.8 Å². The maximum absolute atomic E-state index is 5.31. The van der Waals surface area contributed by atoms with Gasteiger partial charge >= 0.3 is 0 Å². The predicted molar refractivity (Wildman–Crippen MR) is 107 cm³/mol. The number of hydrogen-bond acceptors (Lipinski definition) is 5. The Labute approximate surface area is 159 Å². The van der Waals surface area contributed by atoms with Crippen molar-refractivity contribution in [1.29, 1.82) is 0 Å². The highest BCUT2D eigenvalue weighted by molar-refractivity contribution is 5.58. The van der Waals surface area contributed by atoms with Crippen molar-refractivity contribution in [2.75, 3.05) is 19.0 Å². The van der Waals surface area contributed by atoms with Crippen molar-refractivity contribution in [2.45, 2.75) is 31.1 Å². The lowest BCUT2D eigenvalue weighted by molar-refractivity contribution is 0.413. The number of pyridine rings is 1. The molecule has 0 bridgehead atoms. The molecule has 138 valence electrons. The Morgan fingerprint density at radius 3 is 2.56 bits per heavy atom. The molecule has 1 fully saturated rings. The van der Waals surface area contributed by atoms with Gasteiger partial charge in [0.15, 0.2) is 0 Å². The van der Waals surface area contributed by atoms with Crippen LogP contribution in [-0.4, -0.2) is 28.6 Å². The van der Waals surface area contributed by atoms with E-state index in [0.717, 1.165) is 23.6 Å². The highest BCUT2D eigenvalue weighted by Crippen LogP contribution is 2.41. The number of anilines is 1. The standard InChI is InChI=1S/C22H24N4O/c1-27-19-8-6-18(7-9-19)22(11-2-3-12-22)16-25-21-24-14-10-20(26-21)17-5-4-13-23-15-17/h4-10,13-15H,2-3,11-12,16H2,1H3,(H,24,25,26). The summed E-state index contributed by atoms with van der Waals surface area (Å²) in [7, 11) is 1.70. The van der Waals surface area contributed by atoms with Crippen LogP contribution in [0.3, 0.4) is 0 Å². The number of hydrogen-bond donors (Lipinski definition) is 1.